The van der Waals surface area contributed by atoms with Crippen molar-refractivity contribution >= 4 is 15.9 Å². The van der Waals surface area contributed by atoms with Crippen LogP contribution in [0.4, 0.5) is 0 Å². The molecule has 1 aromatic carbocycles. The molecule has 1 aliphatic carbocycles. The van der Waals surface area contributed by atoms with Gasteiger partial charge in [-0.15, -0.1) is 0 Å². The first kappa shape index (κ1) is 11.0. The highest BCUT2D eigenvalue weighted by Crippen LogP contribution is 2.40. The number of ether oxygens (including phenoxy) is 1. The van der Waals surface area contributed by atoms with Gasteiger partial charge in [-0.3, -0.25) is 0 Å². The predicted octanol–water partition coefficient (Wildman–Crippen LogP) is 3.29. The van der Waals surface area contributed by atoms with Crippen molar-refractivity contribution in [1.82, 2.24) is 0 Å². The lowest BCUT2D eigenvalue weighted by Crippen LogP contribution is -2.01. The summed E-state index contributed by atoms with van der Waals surface area (Å²) in [6.45, 7) is 0. The number of hydrogen-bond donors (Lipinski definition) is 1. The Bertz CT molecular complexity index is 347. The van der Waals surface area contributed by atoms with Crippen molar-refractivity contribution < 1.29 is 9.84 Å². The molecule has 0 aliphatic heterocycles. The highest BCUT2D eigenvalue weighted by atomic mass is 79.9. The fourth-order valence-corrected chi connectivity index (χ4v) is 2.14. The fraction of sp³-hybridized carbons (Fsp3) is 0.500. The molecule has 82 valence electrons. The molecule has 1 N–H and O–H groups in total. The van der Waals surface area contributed by atoms with Crippen molar-refractivity contribution in [3.05, 3.63) is 28.2 Å². The van der Waals surface area contributed by atoms with E-state index >= 15 is 0 Å². The number of hydrogen-bond acceptors (Lipinski definition) is 2. The Morgan fingerprint density at radius 1 is 1.53 bits per heavy atom. The van der Waals surface area contributed by atoms with E-state index in [4.69, 9.17) is 4.74 Å². The van der Waals surface area contributed by atoms with Crippen LogP contribution in [0, 0.1) is 5.92 Å². The summed E-state index contributed by atoms with van der Waals surface area (Å²) in [5.74, 6) is 1.48. The van der Waals surface area contributed by atoms with Crippen LogP contribution in [-0.4, -0.2) is 12.2 Å². The number of aliphatic hydroxyl groups excluding tert-OH is 1. The smallest absolute Gasteiger partial charge is 0.124 e. The van der Waals surface area contributed by atoms with Gasteiger partial charge >= 0.3 is 0 Å². The number of rotatable bonds is 4. The van der Waals surface area contributed by atoms with Crippen LogP contribution in [0.2, 0.25) is 0 Å². The first-order chi connectivity index (χ1) is 7.20. The van der Waals surface area contributed by atoms with Crippen LogP contribution in [0.1, 0.15) is 30.9 Å². The Labute approximate surface area is 98.4 Å². The van der Waals surface area contributed by atoms with Crippen molar-refractivity contribution in [1.29, 1.82) is 0 Å². The van der Waals surface area contributed by atoms with Crippen LogP contribution in [0.3, 0.4) is 0 Å². The van der Waals surface area contributed by atoms with Gasteiger partial charge in [-0.1, -0.05) is 28.8 Å². The van der Waals surface area contributed by atoms with E-state index < -0.39 is 6.10 Å². The van der Waals surface area contributed by atoms with Crippen molar-refractivity contribution in [3.63, 3.8) is 0 Å². The van der Waals surface area contributed by atoms with Gasteiger partial charge in [0, 0.05) is 10.0 Å². The summed E-state index contributed by atoms with van der Waals surface area (Å²) in [6, 6.07) is 5.74. The van der Waals surface area contributed by atoms with Crippen LogP contribution >= 0.6 is 15.9 Å². The third-order valence-electron chi connectivity index (χ3n) is 2.80. The minimum atomic E-state index is -0.398. The van der Waals surface area contributed by atoms with E-state index in [2.05, 4.69) is 15.9 Å². The van der Waals surface area contributed by atoms with Gasteiger partial charge in [0.05, 0.1) is 13.2 Å². The maximum Gasteiger partial charge on any atom is 0.124 e. The van der Waals surface area contributed by atoms with Crippen molar-refractivity contribution in [2.45, 2.75) is 25.4 Å². The summed E-state index contributed by atoms with van der Waals surface area (Å²) in [5.41, 5.74) is 0.888. The summed E-state index contributed by atoms with van der Waals surface area (Å²) in [6.07, 6.45) is 2.97. The van der Waals surface area contributed by atoms with E-state index in [-0.39, 0.29) is 0 Å². The summed E-state index contributed by atoms with van der Waals surface area (Å²) >= 11 is 3.41. The van der Waals surface area contributed by atoms with Gasteiger partial charge in [-0.25, -0.2) is 0 Å². The van der Waals surface area contributed by atoms with Crippen LogP contribution in [-0.2, 0) is 0 Å². The molecule has 1 aromatic rings. The van der Waals surface area contributed by atoms with Gasteiger partial charge in [0.1, 0.15) is 5.75 Å². The number of methoxy groups -OCH3 is 1. The second kappa shape index (κ2) is 4.54. The van der Waals surface area contributed by atoms with E-state index in [1.807, 2.05) is 18.2 Å². The molecule has 1 aliphatic rings. The topological polar surface area (TPSA) is 29.5 Å². The fourth-order valence-electron chi connectivity index (χ4n) is 1.76. The maximum atomic E-state index is 10.1. The second-order valence-electron chi connectivity index (χ2n) is 4.08. The SMILES string of the molecule is COc1ccc(Br)cc1C(O)CC1CC1. The third kappa shape index (κ3) is 2.73. The zero-order valence-corrected chi connectivity index (χ0v) is 10.3. The Hall–Kier alpha value is -0.540. The van der Waals surface area contributed by atoms with Crippen molar-refractivity contribution in [2.75, 3.05) is 7.11 Å². The Kier molecular flexibility index (Phi) is 3.32. The molecule has 0 radical (unpaired) electrons. The van der Waals surface area contributed by atoms with Crippen LogP contribution < -0.4 is 4.74 Å². The van der Waals surface area contributed by atoms with Gasteiger partial charge in [0.25, 0.3) is 0 Å². The molecule has 3 heteroatoms. The maximum absolute atomic E-state index is 10.1. The molecule has 1 atom stereocenters. The van der Waals surface area contributed by atoms with Crippen molar-refractivity contribution in [2.24, 2.45) is 5.92 Å². The Morgan fingerprint density at radius 3 is 2.87 bits per heavy atom. The summed E-state index contributed by atoms with van der Waals surface area (Å²) in [4.78, 5) is 0. The number of benzene rings is 1. The van der Waals surface area contributed by atoms with E-state index in [0.717, 1.165) is 22.2 Å². The molecule has 0 aromatic heterocycles. The lowest BCUT2D eigenvalue weighted by molar-refractivity contribution is 0.156. The molecule has 15 heavy (non-hydrogen) atoms. The van der Waals surface area contributed by atoms with Crippen molar-refractivity contribution in [3.8, 4) is 5.75 Å². The van der Waals surface area contributed by atoms with Gasteiger partial charge in [0.2, 0.25) is 0 Å². The first-order valence-electron chi connectivity index (χ1n) is 5.22. The zero-order valence-electron chi connectivity index (χ0n) is 8.74. The minimum absolute atomic E-state index is 0.398. The molecule has 1 unspecified atom stereocenters. The van der Waals surface area contributed by atoms with Gasteiger partial charge < -0.3 is 9.84 Å². The van der Waals surface area contributed by atoms with Crippen LogP contribution in [0.15, 0.2) is 22.7 Å². The monoisotopic (exact) mass is 270 g/mol. The highest BCUT2D eigenvalue weighted by Gasteiger charge is 2.26. The molecular weight excluding hydrogens is 256 g/mol. The summed E-state index contributed by atoms with van der Waals surface area (Å²) < 4.78 is 6.22. The molecule has 0 bridgehead atoms. The quantitative estimate of drug-likeness (QED) is 0.910. The Balaban J connectivity index is 2.18. The van der Waals surface area contributed by atoms with Crippen LogP contribution in [0.25, 0.3) is 0 Å². The molecule has 0 amide bonds. The highest BCUT2D eigenvalue weighted by molar-refractivity contribution is 9.10. The number of halogens is 1. The largest absolute Gasteiger partial charge is 0.496 e. The molecule has 1 saturated carbocycles. The molecule has 2 nitrogen and oxygen atoms in total. The van der Waals surface area contributed by atoms with Gasteiger partial charge in [-0.2, -0.15) is 0 Å². The van der Waals surface area contributed by atoms with E-state index in [9.17, 15) is 5.11 Å². The lowest BCUT2D eigenvalue weighted by Gasteiger charge is -2.14. The molecule has 0 spiro atoms. The minimum Gasteiger partial charge on any atom is -0.496 e. The lowest BCUT2D eigenvalue weighted by atomic mass is 10.0. The van der Waals surface area contributed by atoms with Gasteiger partial charge in [0.15, 0.2) is 0 Å². The van der Waals surface area contributed by atoms with E-state index in [1.165, 1.54) is 12.8 Å². The third-order valence-corrected chi connectivity index (χ3v) is 3.30. The predicted molar refractivity (Wildman–Crippen MR) is 63.0 cm³/mol. The van der Waals surface area contributed by atoms with Gasteiger partial charge in [-0.05, 0) is 30.5 Å². The molecule has 0 heterocycles. The first-order valence-corrected chi connectivity index (χ1v) is 6.01. The average Bonchev–Trinajstić information content (AvgIpc) is 3.01. The van der Waals surface area contributed by atoms with E-state index in [0.29, 0.717) is 5.92 Å². The average molecular weight is 271 g/mol. The molecule has 1 fully saturated rings. The second-order valence-corrected chi connectivity index (χ2v) is 5.00. The van der Waals surface area contributed by atoms with Crippen LogP contribution in [0.5, 0.6) is 5.75 Å². The summed E-state index contributed by atoms with van der Waals surface area (Å²) in [5, 5.41) is 10.1. The number of aliphatic hydroxyl groups is 1. The van der Waals surface area contributed by atoms with E-state index in [1.54, 1.807) is 7.11 Å². The Morgan fingerprint density at radius 2 is 2.27 bits per heavy atom. The molecular formula is C12H15BrO2. The molecule has 2 rings (SSSR count). The molecule has 0 saturated heterocycles. The standard InChI is InChI=1S/C12H15BrO2/c1-15-12-5-4-9(13)7-10(12)11(14)6-8-2-3-8/h4-5,7-8,11,14H,2-3,6H2,1H3. The summed E-state index contributed by atoms with van der Waals surface area (Å²) in [7, 11) is 1.64. The zero-order chi connectivity index (χ0) is 10.8. The normalized spacial score (nSPS) is 17.5.